The van der Waals surface area contributed by atoms with E-state index < -0.39 is 24.3 Å². The molecule has 0 unspecified atom stereocenters. The van der Waals surface area contributed by atoms with E-state index in [0.717, 1.165) is 23.1 Å². The molecule has 0 bridgehead atoms. The maximum absolute atomic E-state index is 13.0. The molecule has 1 aromatic heterocycles. The van der Waals surface area contributed by atoms with Crippen molar-refractivity contribution < 1.29 is 32.3 Å². The molecule has 29 heavy (non-hydrogen) atoms. The molecule has 0 radical (unpaired) electrons. The first-order valence-corrected chi connectivity index (χ1v) is 8.40. The van der Waals surface area contributed by atoms with E-state index in [1.54, 1.807) is 0 Å². The Bertz CT molecular complexity index is 920. The zero-order valence-corrected chi connectivity index (χ0v) is 16.5. The zero-order valence-electron chi connectivity index (χ0n) is 15.0. The Balaban J connectivity index is 2.60. The van der Waals surface area contributed by atoms with Crippen LogP contribution in [0, 0.1) is 11.3 Å². The molecule has 0 atom stereocenters. The highest BCUT2D eigenvalue weighted by molar-refractivity contribution is 6.38. The van der Waals surface area contributed by atoms with Crippen molar-refractivity contribution in [2.24, 2.45) is 0 Å². The molecule has 0 aliphatic heterocycles. The van der Waals surface area contributed by atoms with Crippen molar-refractivity contribution >= 4 is 35.0 Å². The van der Waals surface area contributed by atoms with Gasteiger partial charge in [-0.05, 0) is 12.1 Å². The number of nitriles is 1. The van der Waals surface area contributed by atoms with Gasteiger partial charge < -0.3 is 9.47 Å². The van der Waals surface area contributed by atoms with Crippen LogP contribution >= 0.6 is 23.2 Å². The van der Waals surface area contributed by atoms with Crippen LogP contribution in [-0.4, -0.2) is 43.3 Å². The number of anilines is 1. The number of nitrogens with zero attached hydrogens (tertiary/aromatic N) is 4. The average molecular weight is 453 g/mol. The highest BCUT2D eigenvalue weighted by Gasteiger charge is 2.33. The quantitative estimate of drug-likeness (QED) is 0.360. The molecule has 0 aliphatic rings. The van der Waals surface area contributed by atoms with Crippen LogP contribution in [0.25, 0.3) is 5.69 Å². The number of halogens is 5. The van der Waals surface area contributed by atoms with Crippen molar-refractivity contribution in [1.29, 1.82) is 5.26 Å². The molecule has 0 N–H and O–H groups in total. The number of ether oxygens (including phenoxy) is 2. The number of carbonyl (C=O) groups excluding carboxylic acids is 1. The molecule has 2 aromatic rings. The van der Waals surface area contributed by atoms with Crippen LogP contribution < -0.4 is 5.06 Å². The molecule has 0 aliphatic carbocycles. The van der Waals surface area contributed by atoms with Crippen LogP contribution in [0.4, 0.5) is 19.0 Å². The molecule has 2 rings (SSSR count). The fraction of sp³-hybridized carbons (Fsp3) is 0.312. The van der Waals surface area contributed by atoms with E-state index in [1.807, 2.05) is 6.07 Å². The monoisotopic (exact) mass is 452 g/mol. The summed E-state index contributed by atoms with van der Waals surface area (Å²) in [6, 6.07) is 3.21. The summed E-state index contributed by atoms with van der Waals surface area (Å²) in [5.41, 5.74) is -1.22. The smallest absolute Gasteiger partial charge is 0.416 e. The fourth-order valence-electron chi connectivity index (χ4n) is 2.22. The van der Waals surface area contributed by atoms with Gasteiger partial charge in [0.2, 0.25) is 0 Å². The minimum absolute atomic E-state index is 0.0426. The Morgan fingerprint density at radius 3 is 2.41 bits per heavy atom. The van der Waals surface area contributed by atoms with E-state index in [4.69, 9.17) is 32.8 Å². The summed E-state index contributed by atoms with van der Waals surface area (Å²) in [7, 11) is 2.47. The largest absolute Gasteiger partial charge is 0.467 e. The van der Waals surface area contributed by atoms with E-state index in [9.17, 15) is 23.2 Å². The Morgan fingerprint density at radius 2 is 1.93 bits per heavy atom. The Kier molecular flexibility index (Phi) is 7.32. The van der Waals surface area contributed by atoms with Gasteiger partial charge in [0.05, 0.1) is 28.9 Å². The van der Waals surface area contributed by atoms with Gasteiger partial charge in [0, 0.05) is 7.11 Å². The summed E-state index contributed by atoms with van der Waals surface area (Å²) >= 11 is 12.1. The molecule has 0 amide bonds. The Hall–Kier alpha value is -2.52. The average Bonchev–Trinajstić information content (AvgIpc) is 3.07. The highest BCUT2D eigenvalue weighted by atomic mass is 35.5. The standard InChI is InChI=1S/C16H13Cl2F3N4O4/c1-27-8-24(29-7-13(26)28-2)15-9(5-22)6-23-25(15)14-11(17)3-10(4-12(14)18)16(19,20)21/h3-4,6H,7-8H2,1-2H3. The van der Waals surface area contributed by atoms with Crippen LogP contribution in [0.2, 0.25) is 10.0 Å². The number of esters is 1. The van der Waals surface area contributed by atoms with Gasteiger partial charge >= 0.3 is 12.1 Å². The minimum atomic E-state index is -4.66. The predicted molar refractivity (Wildman–Crippen MR) is 95.6 cm³/mol. The first-order chi connectivity index (χ1) is 13.6. The van der Waals surface area contributed by atoms with Gasteiger partial charge in [-0.15, -0.1) is 0 Å². The molecule has 1 aromatic carbocycles. The van der Waals surface area contributed by atoms with Crippen LogP contribution in [0.5, 0.6) is 0 Å². The summed E-state index contributed by atoms with van der Waals surface area (Å²) < 4.78 is 49.4. The molecule has 0 fully saturated rings. The zero-order chi connectivity index (χ0) is 21.8. The Labute approximate surface area is 172 Å². The van der Waals surface area contributed by atoms with E-state index in [1.165, 1.54) is 7.11 Å². The number of methoxy groups -OCH3 is 2. The first kappa shape index (κ1) is 22.8. The number of carbonyl (C=O) groups is 1. The van der Waals surface area contributed by atoms with Gasteiger partial charge in [-0.2, -0.15) is 23.5 Å². The van der Waals surface area contributed by atoms with Crippen molar-refractivity contribution in [3.8, 4) is 11.8 Å². The van der Waals surface area contributed by atoms with E-state index in [2.05, 4.69) is 9.84 Å². The Morgan fingerprint density at radius 1 is 1.31 bits per heavy atom. The molecule has 13 heteroatoms. The lowest BCUT2D eigenvalue weighted by molar-refractivity contribution is -0.147. The fourth-order valence-corrected chi connectivity index (χ4v) is 2.87. The molecule has 0 spiro atoms. The summed E-state index contributed by atoms with van der Waals surface area (Å²) in [5.74, 6) is -0.789. The third-order valence-corrected chi connectivity index (χ3v) is 4.05. The van der Waals surface area contributed by atoms with Crippen molar-refractivity contribution in [3.05, 3.63) is 39.5 Å². The molecule has 8 nitrogen and oxygen atoms in total. The number of benzene rings is 1. The minimum Gasteiger partial charge on any atom is -0.467 e. The lowest BCUT2D eigenvalue weighted by atomic mass is 10.2. The molecule has 0 saturated heterocycles. The van der Waals surface area contributed by atoms with Gasteiger partial charge in [-0.25, -0.2) is 14.5 Å². The number of hydrogen-bond donors (Lipinski definition) is 0. The lowest BCUT2D eigenvalue weighted by Gasteiger charge is -2.24. The third-order valence-electron chi connectivity index (χ3n) is 3.47. The molecule has 156 valence electrons. The predicted octanol–water partition coefficient (Wildman–Crippen LogP) is 3.58. The maximum Gasteiger partial charge on any atom is 0.416 e. The summed E-state index contributed by atoms with van der Waals surface area (Å²) in [6.07, 6.45) is -3.54. The van der Waals surface area contributed by atoms with Crippen molar-refractivity contribution in [1.82, 2.24) is 9.78 Å². The van der Waals surface area contributed by atoms with Crippen LogP contribution in [-0.2, 0) is 25.3 Å². The number of hydroxylamine groups is 1. The molecular formula is C16H13Cl2F3N4O4. The SMILES string of the molecule is COCN(OCC(=O)OC)c1c(C#N)cnn1-c1c(Cl)cc(C(F)(F)F)cc1Cl. The van der Waals surface area contributed by atoms with Gasteiger partial charge in [-0.1, -0.05) is 23.2 Å². The molecular weight excluding hydrogens is 440 g/mol. The number of rotatable bonds is 7. The topological polar surface area (TPSA) is 89.6 Å². The van der Waals surface area contributed by atoms with Gasteiger partial charge in [-0.3, -0.25) is 4.84 Å². The lowest BCUT2D eigenvalue weighted by Crippen LogP contribution is -2.31. The van der Waals surface area contributed by atoms with Crippen LogP contribution in [0.3, 0.4) is 0 Å². The number of hydrogen-bond acceptors (Lipinski definition) is 7. The summed E-state index contributed by atoms with van der Waals surface area (Å²) in [5, 5.41) is 13.6. The molecule has 0 saturated carbocycles. The second kappa shape index (κ2) is 9.32. The normalized spacial score (nSPS) is 11.2. The van der Waals surface area contributed by atoms with Gasteiger partial charge in [0.15, 0.2) is 12.4 Å². The van der Waals surface area contributed by atoms with Crippen LogP contribution in [0.1, 0.15) is 11.1 Å². The van der Waals surface area contributed by atoms with Crippen LogP contribution in [0.15, 0.2) is 18.3 Å². The third kappa shape index (κ3) is 5.10. The summed E-state index contributed by atoms with van der Waals surface area (Å²) in [6.45, 7) is -0.808. The maximum atomic E-state index is 13.0. The summed E-state index contributed by atoms with van der Waals surface area (Å²) in [4.78, 5) is 16.7. The van der Waals surface area contributed by atoms with E-state index in [-0.39, 0.29) is 33.8 Å². The second-order valence-electron chi connectivity index (χ2n) is 5.34. The number of aromatic nitrogens is 2. The first-order valence-electron chi connectivity index (χ1n) is 7.65. The van der Waals surface area contributed by atoms with Gasteiger partial charge in [0.1, 0.15) is 24.1 Å². The van der Waals surface area contributed by atoms with E-state index >= 15 is 0 Å². The van der Waals surface area contributed by atoms with Gasteiger partial charge in [0.25, 0.3) is 0 Å². The second-order valence-corrected chi connectivity index (χ2v) is 6.15. The number of alkyl halides is 3. The molecule has 1 heterocycles. The van der Waals surface area contributed by atoms with Crippen molar-refractivity contribution in [2.75, 3.05) is 32.6 Å². The van der Waals surface area contributed by atoms with Crippen molar-refractivity contribution in [3.63, 3.8) is 0 Å². The highest BCUT2D eigenvalue weighted by Crippen LogP contribution is 2.39. The van der Waals surface area contributed by atoms with E-state index in [0.29, 0.717) is 12.1 Å². The van der Waals surface area contributed by atoms with Crippen molar-refractivity contribution in [2.45, 2.75) is 6.18 Å².